The Morgan fingerprint density at radius 3 is 2.17 bits per heavy atom. The van der Waals surface area contributed by atoms with Crippen LogP contribution in [-0.2, 0) is 14.5 Å². The van der Waals surface area contributed by atoms with Crippen molar-refractivity contribution < 1.29 is 14.7 Å². The SMILES string of the molecule is CC(C)NCC(O)CN1C(=O)C2C3c4ccccc4C(Cl)(c4ccccc43)C2C1=O. The van der Waals surface area contributed by atoms with E-state index in [1.54, 1.807) is 0 Å². The van der Waals surface area contributed by atoms with Crippen LogP contribution < -0.4 is 5.32 Å². The van der Waals surface area contributed by atoms with Crippen LogP contribution in [0.5, 0.6) is 0 Å². The first kappa shape index (κ1) is 19.7. The summed E-state index contributed by atoms with van der Waals surface area (Å²) in [5.41, 5.74) is 3.89. The molecular weight excluding hydrogens is 400 g/mol. The molecule has 2 aromatic carbocycles. The number of alkyl halides is 1. The van der Waals surface area contributed by atoms with E-state index in [9.17, 15) is 14.7 Å². The second-order valence-electron chi connectivity index (χ2n) is 8.87. The molecule has 2 aromatic rings. The van der Waals surface area contributed by atoms with Crippen LogP contribution in [0.15, 0.2) is 48.5 Å². The standard InChI is InChI=1S/C24H25ClN2O3/c1-13(2)26-11-14(28)12-27-22(29)20-19-15-7-3-5-9-17(15)24(25,21(20)23(27)30)18-10-6-4-8-16(18)19/h3-10,13-14,19-21,26,28H,11-12H2,1-2H3. The zero-order valence-corrected chi connectivity index (χ0v) is 17.8. The van der Waals surface area contributed by atoms with Crippen LogP contribution in [0.2, 0.25) is 0 Å². The van der Waals surface area contributed by atoms with Crippen LogP contribution in [0.1, 0.15) is 42.0 Å². The highest BCUT2D eigenvalue weighted by atomic mass is 35.5. The monoisotopic (exact) mass is 424 g/mol. The van der Waals surface area contributed by atoms with E-state index in [1.807, 2.05) is 62.4 Å². The quantitative estimate of drug-likeness (QED) is 0.571. The van der Waals surface area contributed by atoms with Gasteiger partial charge in [0.1, 0.15) is 4.87 Å². The van der Waals surface area contributed by atoms with Crippen LogP contribution >= 0.6 is 11.6 Å². The molecule has 5 nitrogen and oxygen atoms in total. The number of rotatable bonds is 5. The Morgan fingerprint density at radius 1 is 1.03 bits per heavy atom. The van der Waals surface area contributed by atoms with E-state index in [0.29, 0.717) is 6.54 Å². The van der Waals surface area contributed by atoms with Crippen molar-refractivity contribution in [2.75, 3.05) is 13.1 Å². The van der Waals surface area contributed by atoms with Crippen molar-refractivity contribution in [1.29, 1.82) is 0 Å². The van der Waals surface area contributed by atoms with Crippen molar-refractivity contribution in [2.45, 2.75) is 36.8 Å². The molecule has 3 atom stereocenters. The number of likely N-dealkylation sites (tertiary alicyclic amines) is 1. The highest BCUT2D eigenvalue weighted by Gasteiger charge is 2.67. The highest BCUT2D eigenvalue weighted by Crippen LogP contribution is 2.65. The molecule has 3 unspecified atom stereocenters. The maximum Gasteiger partial charge on any atom is 0.235 e. The molecule has 30 heavy (non-hydrogen) atoms. The molecule has 4 aliphatic rings. The minimum Gasteiger partial charge on any atom is -0.390 e. The Bertz CT molecular complexity index is 989. The predicted molar refractivity (Wildman–Crippen MR) is 114 cm³/mol. The summed E-state index contributed by atoms with van der Waals surface area (Å²) in [7, 11) is 0. The van der Waals surface area contributed by atoms with Gasteiger partial charge in [0.2, 0.25) is 11.8 Å². The number of aliphatic hydroxyl groups excluding tert-OH is 1. The largest absolute Gasteiger partial charge is 0.390 e. The number of amides is 2. The molecule has 0 saturated carbocycles. The Morgan fingerprint density at radius 2 is 1.60 bits per heavy atom. The summed E-state index contributed by atoms with van der Waals surface area (Å²) in [6.45, 7) is 4.27. The summed E-state index contributed by atoms with van der Waals surface area (Å²) in [5.74, 6) is -1.91. The fourth-order valence-electron chi connectivity index (χ4n) is 5.57. The third kappa shape index (κ3) is 2.55. The molecule has 6 heteroatoms. The van der Waals surface area contributed by atoms with Crippen LogP contribution in [0.4, 0.5) is 0 Å². The molecular formula is C24H25ClN2O3. The molecule has 0 aromatic heterocycles. The van der Waals surface area contributed by atoms with E-state index in [0.717, 1.165) is 22.3 Å². The number of halogens is 1. The number of nitrogens with one attached hydrogen (secondary N) is 1. The van der Waals surface area contributed by atoms with Crippen molar-refractivity contribution in [3.63, 3.8) is 0 Å². The average Bonchev–Trinajstić information content (AvgIpc) is 2.99. The molecule has 1 aliphatic heterocycles. The molecule has 3 aliphatic carbocycles. The minimum absolute atomic E-state index is 0.0171. The van der Waals surface area contributed by atoms with Crippen LogP contribution in [0.25, 0.3) is 0 Å². The molecule has 2 N–H and O–H groups in total. The van der Waals surface area contributed by atoms with Crippen molar-refractivity contribution >= 4 is 23.4 Å². The zero-order chi connectivity index (χ0) is 21.2. The lowest BCUT2D eigenvalue weighted by atomic mass is 9.54. The Kier molecular flexibility index (Phi) is 4.54. The molecule has 0 spiro atoms. The molecule has 1 heterocycles. The molecule has 6 rings (SSSR count). The number of hydrogen-bond donors (Lipinski definition) is 2. The first-order valence-electron chi connectivity index (χ1n) is 10.5. The summed E-state index contributed by atoms with van der Waals surface area (Å²) in [5, 5.41) is 13.6. The van der Waals surface area contributed by atoms with Crippen molar-refractivity contribution in [3.05, 3.63) is 70.8 Å². The molecule has 1 fully saturated rings. The van der Waals surface area contributed by atoms with E-state index in [2.05, 4.69) is 5.32 Å². The fraction of sp³-hybridized carbons (Fsp3) is 0.417. The summed E-state index contributed by atoms with van der Waals surface area (Å²) in [6, 6.07) is 16.0. The molecule has 156 valence electrons. The van der Waals surface area contributed by atoms with E-state index >= 15 is 0 Å². The smallest absolute Gasteiger partial charge is 0.235 e. The second-order valence-corrected chi connectivity index (χ2v) is 9.47. The summed E-state index contributed by atoms with van der Waals surface area (Å²) < 4.78 is 0. The number of carbonyl (C=O) groups is 2. The Hall–Kier alpha value is -2.21. The van der Waals surface area contributed by atoms with Crippen molar-refractivity contribution in [3.8, 4) is 0 Å². The van der Waals surface area contributed by atoms with Crippen LogP contribution in [-0.4, -0.2) is 47.1 Å². The van der Waals surface area contributed by atoms with Gasteiger partial charge in [0, 0.05) is 18.5 Å². The van der Waals surface area contributed by atoms with Crippen molar-refractivity contribution in [1.82, 2.24) is 10.2 Å². The number of β-amino-alcohol motifs (C(OH)–C–C–N with tert-alkyl or cyclic N) is 1. The maximum absolute atomic E-state index is 13.5. The maximum atomic E-state index is 13.5. The fourth-order valence-corrected chi connectivity index (χ4v) is 6.14. The van der Waals surface area contributed by atoms with Gasteiger partial charge in [-0.3, -0.25) is 14.5 Å². The van der Waals surface area contributed by atoms with Gasteiger partial charge in [0.15, 0.2) is 0 Å². The van der Waals surface area contributed by atoms with Crippen LogP contribution in [0.3, 0.4) is 0 Å². The van der Waals surface area contributed by atoms with Gasteiger partial charge in [-0.2, -0.15) is 0 Å². The van der Waals surface area contributed by atoms with E-state index in [1.165, 1.54) is 4.90 Å². The Labute approximate surface area is 181 Å². The van der Waals surface area contributed by atoms with Gasteiger partial charge in [-0.05, 0) is 22.3 Å². The summed E-state index contributed by atoms with van der Waals surface area (Å²) in [4.78, 5) is 27.2. The average molecular weight is 425 g/mol. The lowest BCUT2D eigenvalue weighted by molar-refractivity contribution is -0.141. The Balaban J connectivity index is 1.58. The third-order valence-corrected chi connectivity index (χ3v) is 7.40. The third-order valence-electron chi connectivity index (χ3n) is 6.76. The first-order valence-corrected chi connectivity index (χ1v) is 10.9. The number of nitrogens with zero attached hydrogens (tertiary/aromatic N) is 1. The number of carbonyl (C=O) groups excluding carboxylic acids is 2. The van der Waals surface area contributed by atoms with E-state index in [4.69, 9.17) is 11.6 Å². The number of imide groups is 1. The number of benzene rings is 2. The van der Waals surface area contributed by atoms with E-state index in [-0.39, 0.29) is 30.3 Å². The lowest BCUT2D eigenvalue weighted by Gasteiger charge is -2.50. The molecule has 2 bridgehead atoms. The van der Waals surface area contributed by atoms with Gasteiger partial charge in [-0.15, -0.1) is 11.6 Å². The number of hydrogen-bond acceptors (Lipinski definition) is 4. The van der Waals surface area contributed by atoms with Crippen LogP contribution in [0, 0.1) is 11.8 Å². The highest BCUT2D eigenvalue weighted by molar-refractivity contribution is 6.30. The van der Waals surface area contributed by atoms with Gasteiger partial charge < -0.3 is 10.4 Å². The predicted octanol–water partition coefficient (Wildman–Crippen LogP) is 2.59. The first-order chi connectivity index (χ1) is 14.4. The van der Waals surface area contributed by atoms with E-state index < -0.39 is 22.8 Å². The van der Waals surface area contributed by atoms with Gasteiger partial charge >= 0.3 is 0 Å². The minimum atomic E-state index is -1.07. The van der Waals surface area contributed by atoms with Gasteiger partial charge in [0.25, 0.3) is 0 Å². The topological polar surface area (TPSA) is 69.6 Å². The molecule has 1 saturated heterocycles. The normalized spacial score (nSPS) is 29.8. The van der Waals surface area contributed by atoms with Gasteiger partial charge in [0.05, 0.1) is 24.5 Å². The summed E-state index contributed by atoms with van der Waals surface area (Å²) in [6.07, 6.45) is -0.825. The lowest BCUT2D eigenvalue weighted by Crippen LogP contribution is -2.50. The second kappa shape index (κ2) is 6.91. The van der Waals surface area contributed by atoms with Gasteiger partial charge in [-0.25, -0.2) is 0 Å². The molecule has 0 radical (unpaired) electrons. The number of aliphatic hydroxyl groups is 1. The van der Waals surface area contributed by atoms with Gasteiger partial charge in [-0.1, -0.05) is 62.4 Å². The molecule has 2 amide bonds. The summed E-state index contributed by atoms with van der Waals surface area (Å²) >= 11 is 7.35. The van der Waals surface area contributed by atoms with Crippen molar-refractivity contribution in [2.24, 2.45) is 11.8 Å². The zero-order valence-electron chi connectivity index (χ0n) is 17.0.